The van der Waals surface area contributed by atoms with Crippen molar-refractivity contribution in [3.8, 4) is 16.5 Å². The van der Waals surface area contributed by atoms with E-state index in [0.29, 0.717) is 25.9 Å². The van der Waals surface area contributed by atoms with Gasteiger partial charge in [-0.3, -0.25) is 4.79 Å². The first-order chi connectivity index (χ1) is 17.9. The molecule has 9 heteroatoms. The van der Waals surface area contributed by atoms with E-state index < -0.39 is 27.3 Å². The van der Waals surface area contributed by atoms with Crippen LogP contribution in [0.15, 0.2) is 24.3 Å². The number of ketones is 1. The largest absolute Gasteiger partial charge is 0.369 e. The number of nitriles is 1. The van der Waals surface area contributed by atoms with Gasteiger partial charge in [-0.1, -0.05) is 32.9 Å². The molecule has 0 radical (unpaired) electrons. The van der Waals surface area contributed by atoms with Crippen molar-refractivity contribution in [3.63, 3.8) is 0 Å². The fraction of sp³-hybridized carbons (Fsp3) is 0.621. The van der Waals surface area contributed by atoms with Gasteiger partial charge in [-0.25, -0.2) is 17.8 Å². The number of rotatable bonds is 6. The lowest BCUT2D eigenvalue weighted by Crippen LogP contribution is -2.40. The molecule has 2 saturated carbocycles. The number of halogens is 1. The predicted octanol–water partition coefficient (Wildman–Crippen LogP) is 5.83. The summed E-state index contributed by atoms with van der Waals surface area (Å²) in [6, 6.07) is 10.5. The van der Waals surface area contributed by atoms with Gasteiger partial charge in [-0.05, 0) is 49.8 Å². The molecule has 204 valence electrons. The highest BCUT2D eigenvalue weighted by Gasteiger charge is 2.48. The van der Waals surface area contributed by atoms with Crippen LogP contribution >= 0.6 is 11.3 Å². The van der Waals surface area contributed by atoms with Gasteiger partial charge in [-0.2, -0.15) is 5.26 Å². The first kappa shape index (κ1) is 27.3. The fourth-order valence-corrected chi connectivity index (χ4v) is 8.05. The number of thiazole rings is 1. The van der Waals surface area contributed by atoms with Gasteiger partial charge >= 0.3 is 0 Å². The zero-order valence-corrected chi connectivity index (χ0v) is 24.0. The molecule has 2 aromatic rings. The minimum Gasteiger partial charge on any atom is -0.369 e. The summed E-state index contributed by atoms with van der Waals surface area (Å²) in [4.78, 5) is 21.7. The van der Waals surface area contributed by atoms with Crippen LogP contribution in [0.5, 0.6) is 0 Å². The number of benzene rings is 1. The van der Waals surface area contributed by atoms with Crippen LogP contribution in [-0.4, -0.2) is 50.0 Å². The Hall–Kier alpha value is -2.31. The van der Waals surface area contributed by atoms with E-state index in [4.69, 9.17) is 4.98 Å². The Morgan fingerprint density at radius 3 is 2.42 bits per heavy atom. The molecule has 0 spiro atoms. The molecular formula is C29H36FN3O3S2. The smallest absolute Gasteiger partial charge is 0.153 e. The number of aromatic nitrogens is 1. The Balaban J connectivity index is 1.47. The zero-order valence-electron chi connectivity index (χ0n) is 22.4. The van der Waals surface area contributed by atoms with Gasteiger partial charge in [-0.15, -0.1) is 11.3 Å². The topological polar surface area (TPSA) is 91.1 Å². The molecule has 3 fully saturated rings. The maximum absolute atomic E-state index is 14.6. The highest BCUT2D eigenvalue weighted by molar-refractivity contribution is 7.91. The van der Waals surface area contributed by atoms with E-state index in [1.807, 2.05) is 24.3 Å². The maximum Gasteiger partial charge on any atom is 0.153 e. The van der Waals surface area contributed by atoms with E-state index in [2.05, 4.69) is 31.7 Å². The van der Waals surface area contributed by atoms with Crippen molar-refractivity contribution in [3.05, 3.63) is 35.0 Å². The molecule has 0 unspecified atom stereocenters. The highest BCUT2D eigenvalue weighted by atomic mass is 32.2. The van der Waals surface area contributed by atoms with Crippen molar-refractivity contribution in [1.82, 2.24) is 4.98 Å². The number of hydrogen-bond donors (Lipinski definition) is 0. The van der Waals surface area contributed by atoms with Crippen LogP contribution in [0.4, 0.5) is 10.1 Å². The Morgan fingerprint density at radius 2 is 1.84 bits per heavy atom. The second-order valence-electron chi connectivity index (χ2n) is 12.3. The number of carbonyl (C=O) groups excluding carboxylic acids is 1. The molecule has 0 N–H and O–H groups in total. The predicted molar refractivity (Wildman–Crippen MR) is 149 cm³/mol. The van der Waals surface area contributed by atoms with E-state index in [-0.39, 0.29) is 41.5 Å². The first-order valence-electron chi connectivity index (χ1n) is 13.5. The van der Waals surface area contributed by atoms with Gasteiger partial charge in [0.05, 0.1) is 38.6 Å². The summed E-state index contributed by atoms with van der Waals surface area (Å²) in [5, 5.41) is 10.5. The molecule has 6 nitrogen and oxygen atoms in total. The molecule has 3 atom stereocenters. The van der Waals surface area contributed by atoms with Gasteiger partial charge in [0.2, 0.25) is 0 Å². The molecular weight excluding hydrogens is 521 g/mol. The summed E-state index contributed by atoms with van der Waals surface area (Å²) in [5.41, 5.74) is 2.15. The summed E-state index contributed by atoms with van der Waals surface area (Å²) in [6.45, 7) is 7.34. The highest BCUT2D eigenvalue weighted by Crippen LogP contribution is 2.52. The molecule has 2 heterocycles. The minimum atomic E-state index is -2.95. The molecule has 0 bridgehead atoms. The average Bonchev–Trinajstić information content (AvgIpc) is 3.49. The van der Waals surface area contributed by atoms with E-state index in [1.165, 1.54) is 0 Å². The van der Waals surface area contributed by atoms with Crippen LogP contribution < -0.4 is 4.90 Å². The van der Waals surface area contributed by atoms with Crippen LogP contribution in [0.1, 0.15) is 75.9 Å². The quantitative estimate of drug-likeness (QED) is 0.444. The molecule has 0 amide bonds. The van der Waals surface area contributed by atoms with Gasteiger partial charge in [0, 0.05) is 42.4 Å². The van der Waals surface area contributed by atoms with Crippen molar-refractivity contribution in [2.75, 3.05) is 29.5 Å². The van der Waals surface area contributed by atoms with Gasteiger partial charge in [0.15, 0.2) is 9.84 Å². The lowest BCUT2D eigenvalue weighted by molar-refractivity contribution is -0.126. The zero-order chi connectivity index (χ0) is 27.3. The average molecular weight is 558 g/mol. The van der Waals surface area contributed by atoms with Crippen LogP contribution in [0.25, 0.3) is 10.4 Å². The van der Waals surface area contributed by atoms with Crippen molar-refractivity contribution >= 4 is 32.6 Å². The SMILES string of the molecule is CC(C)(C)c1nc([C@@H]2CC[C@H](F)C[C@H]2C(=O)CC2(C#N)CC2)c(-c2ccc(N3CCS(=O)(=O)CC3)cc2)s1. The first-order valence-corrected chi connectivity index (χ1v) is 16.2. The second kappa shape index (κ2) is 10.0. The van der Waals surface area contributed by atoms with Crippen LogP contribution in [-0.2, 0) is 20.0 Å². The van der Waals surface area contributed by atoms with Crippen molar-refractivity contribution in [1.29, 1.82) is 5.26 Å². The number of Topliss-reactive ketones (excluding diaryl/α,β-unsaturated/α-hetero) is 1. The lowest BCUT2D eigenvalue weighted by atomic mass is 9.72. The van der Waals surface area contributed by atoms with E-state index >= 15 is 0 Å². The lowest BCUT2D eigenvalue weighted by Gasteiger charge is -2.32. The number of anilines is 1. The molecule has 2 aliphatic carbocycles. The standard InChI is InChI=1S/C29H36FN3O3S2/c1-28(2,3)27-32-25(22-9-6-20(30)16-23(22)24(34)17-29(18-31)10-11-29)26(37-27)19-4-7-21(8-5-19)33-12-14-38(35,36)15-13-33/h4-5,7-8,20,22-23H,6,9-17H2,1-3H3/t20-,22+,23+/m0/s1. The fourth-order valence-electron chi connectivity index (χ4n) is 5.65. The van der Waals surface area contributed by atoms with E-state index in [9.17, 15) is 22.9 Å². The van der Waals surface area contributed by atoms with Gasteiger partial charge < -0.3 is 4.90 Å². The number of sulfone groups is 1. The third-order valence-electron chi connectivity index (χ3n) is 8.29. The Bertz CT molecular complexity index is 1340. The summed E-state index contributed by atoms with van der Waals surface area (Å²) in [7, 11) is -2.95. The number of nitrogens with zero attached hydrogens (tertiary/aromatic N) is 3. The number of alkyl halides is 1. The van der Waals surface area contributed by atoms with Crippen molar-refractivity contribution in [2.45, 2.75) is 76.8 Å². The molecule has 1 aromatic heterocycles. The summed E-state index contributed by atoms with van der Waals surface area (Å²) in [6.07, 6.45) is 1.88. The molecule has 38 heavy (non-hydrogen) atoms. The Labute approximate surface area is 229 Å². The van der Waals surface area contributed by atoms with E-state index in [1.54, 1.807) is 11.3 Å². The van der Waals surface area contributed by atoms with Crippen LogP contribution in [0, 0.1) is 22.7 Å². The molecule has 1 aromatic carbocycles. The molecule has 3 aliphatic rings. The summed E-state index contributed by atoms with van der Waals surface area (Å²) < 4.78 is 38.3. The van der Waals surface area contributed by atoms with Gasteiger partial charge in [0.25, 0.3) is 0 Å². The summed E-state index contributed by atoms with van der Waals surface area (Å²) >= 11 is 1.64. The number of carbonyl (C=O) groups is 1. The molecule has 1 saturated heterocycles. The van der Waals surface area contributed by atoms with E-state index in [0.717, 1.165) is 39.7 Å². The van der Waals surface area contributed by atoms with Crippen molar-refractivity contribution in [2.24, 2.45) is 11.3 Å². The monoisotopic (exact) mass is 557 g/mol. The number of hydrogen-bond acceptors (Lipinski definition) is 7. The minimum absolute atomic E-state index is 0.00283. The third-order valence-corrected chi connectivity index (χ3v) is 11.4. The van der Waals surface area contributed by atoms with Crippen LogP contribution in [0.3, 0.4) is 0 Å². The third kappa shape index (κ3) is 5.67. The maximum atomic E-state index is 14.6. The van der Waals surface area contributed by atoms with Crippen molar-refractivity contribution < 1.29 is 17.6 Å². The van der Waals surface area contributed by atoms with Gasteiger partial charge in [0.1, 0.15) is 12.0 Å². The molecule has 1 aliphatic heterocycles. The normalized spacial score (nSPS) is 26.5. The summed E-state index contributed by atoms with van der Waals surface area (Å²) in [5.74, 6) is -0.292. The van der Waals surface area contributed by atoms with Crippen LogP contribution in [0.2, 0.25) is 0 Å². The second-order valence-corrected chi connectivity index (χ2v) is 15.6. The Kier molecular flexibility index (Phi) is 7.19. The molecule has 5 rings (SSSR count). The Morgan fingerprint density at radius 1 is 1.18 bits per heavy atom.